The van der Waals surface area contributed by atoms with Crippen molar-refractivity contribution in [3.8, 4) is 0 Å². The molecule has 13 nitrogen and oxygen atoms in total. The fourth-order valence-corrected chi connectivity index (χ4v) is 2.37. The number of aliphatic hydroxyl groups excluding tert-OH is 2. The van der Waals surface area contributed by atoms with Gasteiger partial charge in [0.05, 0.1) is 18.2 Å². The first-order valence-electron chi connectivity index (χ1n) is 8.96. The number of hydrogen-bond donors (Lipinski definition) is 9. The number of carboxylic acids is 1. The van der Waals surface area contributed by atoms with E-state index in [0.717, 1.165) is 13.8 Å². The van der Waals surface area contributed by atoms with Crippen molar-refractivity contribution in [3.63, 3.8) is 0 Å². The highest BCUT2D eigenvalue weighted by Gasteiger charge is 2.34. The first-order chi connectivity index (χ1) is 13.8. The Bertz CT molecular complexity index is 645. The summed E-state index contributed by atoms with van der Waals surface area (Å²) in [4.78, 5) is 59.1. The van der Waals surface area contributed by atoms with E-state index < -0.39 is 66.0 Å². The van der Waals surface area contributed by atoms with Crippen LogP contribution in [0.4, 0.5) is 0 Å². The van der Waals surface area contributed by atoms with Gasteiger partial charge < -0.3 is 42.7 Å². The second-order valence-corrected chi connectivity index (χ2v) is 7.01. The van der Waals surface area contributed by atoms with Crippen LogP contribution in [0.1, 0.15) is 26.7 Å². The van der Waals surface area contributed by atoms with Crippen LogP contribution in [0.3, 0.4) is 0 Å². The third kappa shape index (κ3) is 9.39. The van der Waals surface area contributed by atoms with Crippen molar-refractivity contribution in [3.05, 3.63) is 0 Å². The van der Waals surface area contributed by atoms with E-state index in [2.05, 4.69) is 23.3 Å². The lowest BCUT2D eigenvalue weighted by Gasteiger charge is -2.27. The molecule has 0 heterocycles. The summed E-state index contributed by atoms with van der Waals surface area (Å²) in [5.74, 6) is -5.06. The minimum Gasteiger partial charge on any atom is -0.480 e. The standard InChI is InChI=1S/C16H29N5O8S/c1-6(22)11(15(27)21-12(7(2)23)16(28)29)20-14(26)9(3-4-10(18)24)19-13(25)8(17)5-30/h6-9,11-12,22-23,30H,3-5,17H2,1-2H3,(H2,18,24)(H,19,25)(H,20,26)(H,21,27)(H,28,29). The fraction of sp³-hybridized carbons (Fsp3) is 0.688. The molecule has 0 spiro atoms. The molecular formula is C16H29N5O8S. The maximum atomic E-state index is 12.6. The average molecular weight is 452 g/mol. The van der Waals surface area contributed by atoms with Gasteiger partial charge in [-0.2, -0.15) is 12.6 Å². The normalized spacial score (nSPS) is 16.9. The predicted molar refractivity (Wildman–Crippen MR) is 107 cm³/mol. The van der Waals surface area contributed by atoms with Gasteiger partial charge in [-0.3, -0.25) is 19.2 Å². The van der Waals surface area contributed by atoms with Crippen molar-refractivity contribution in [1.29, 1.82) is 0 Å². The van der Waals surface area contributed by atoms with Crippen LogP contribution in [0.5, 0.6) is 0 Å². The average Bonchev–Trinajstić information content (AvgIpc) is 2.64. The van der Waals surface area contributed by atoms with Crippen molar-refractivity contribution >= 4 is 42.2 Å². The molecule has 4 amide bonds. The highest BCUT2D eigenvalue weighted by Crippen LogP contribution is 2.03. The number of aliphatic carboxylic acids is 1. The summed E-state index contributed by atoms with van der Waals surface area (Å²) in [6.45, 7) is 2.30. The van der Waals surface area contributed by atoms with Crippen LogP contribution in [0.2, 0.25) is 0 Å². The number of amides is 4. The summed E-state index contributed by atoms with van der Waals surface area (Å²) >= 11 is 3.87. The van der Waals surface area contributed by atoms with Gasteiger partial charge in [0.1, 0.15) is 12.1 Å². The van der Waals surface area contributed by atoms with Crippen LogP contribution in [-0.4, -0.2) is 87.0 Å². The molecule has 172 valence electrons. The third-order valence-corrected chi connectivity index (χ3v) is 4.35. The molecule has 0 aromatic heterocycles. The Morgan fingerprint density at radius 2 is 1.40 bits per heavy atom. The lowest BCUT2D eigenvalue weighted by atomic mass is 10.1. The van der Waals surface area contributed by atoms with Gasteiger partial charge in [-0.05, 0) is 20.3 Å². The van der Waals surface area contributed by atoms with Crippen molar-refractivity contribution in [2.45, 2.75) is 63.1 Å². The Morgan fingerprint density at radius 3 is 1.80 bits per heavy atom. The molecule has 0 aliphatic rings. The minimum absolute atomic E-state index is 0.0232. The molecule has 10 N–H and O–H groups in total. The molecule has 0 saturated heterocycles. The van der Waals surface area contributed by atoms with E-state index in [4.69, 9.17) is 16.6 Å². The third-order valence-electron chi connectivity index (χ3n) is 3.95. The van der Waals surface area contributed by atoms with Crippen LogP contribution >= 0.6 is 12.6 Å². The second-order valence-electron chi connectivity index (χ2n) is 6.65. The van der Waals surface area contributed by atoms with Crippen molar-refractivity contribution in [2.75, 3.05) is 5.75 Å². The minimum atomic E-state index is -1.69. The predicted octanol–water partition coefficient (Wildman–Crippen LogP) is -4.19. The molecule has 6 atom stereocenters. The van der Waals surface area contributed by atoms with Gasteiger partial charge in [-0.1, -0.05) is 0 Å². The number of carboxylic acid groups (broad SMARTS) is 1. The molecule has 0 fully saturated rings. The first-order valence-corrected chi connectivity index (χ1v) is 9.59. The van der Waals surface area contributed by atoms with E-state index in [9.17, 15) is 34.2 Å². The number of carbonyl (C=O) groups excluding carboxylic acids is 4. The Kier molecular flexibility index (Phi) is 11.9. The number of carbonyl (C=O) groups is 5. The van der Waals surface area contributed by atoms with E-state index >= 15 is 0 Å². The largest absolute Gasteiger partial charge is 0.480 e. The van der Waals surface area contributed by atoms with Crippen molar-refractivity contribution in [1.82, 2.24) is 16.0 Å². The molecule has 0 aromatic rings. The molecule has 0 aliphatic heterocycles. The van der Waals surface area contributed by atoms with Gasteiger partial charge >= 0.3 is 5.97 Å². The van der Waals surface area contributed by atoms with E-state index in [0.29, 0.717) is 0 Å². The molecule has 0 bridgehead atoms. The van der Waals surface area contributed by atoms with Crippen LogP contribution in [-0.2, 0) is 24.0 Å². The number of hydrogen-bond acceptors (Lipinski definition) is 9. The van der Waals surface area contributed by atoms with Gasteiger partial charge in [0.15, 0.2) is 6.04 Å². The number of primary amides is 1. The SMILES string of the molecule is CC(O)C(NC(=O)C(NC(=O)C(CCC(N)=O)NC(=O)C(N)CS)C(C)O)C(=O)O. The molecule has 0 saturated carbocycles. The zero-order chi connectivity index (χ0) is 23.6. The molecule has 30 heavy (non-hydrogen) atoms. The topological polar surface area (TPSA) is 234 Å². The van der Waals surface area contributed by atoms with E-state index in [1.807, 2.05) is 5.32 Å². The molecule has 0 aromatic carbocycles. The highest BCUT2D eigenvalue weighted by molar-refractivity contribution is 7.80. The van der Waals surface area contributed by atoms with Crippen LogP contribution < -0.4 is 27.4 Å². The molecule has 0 radical (unpaired) electrons. The summed E-state index contributed by atoms with van der Waals surface area (Å²) in [5.41, 5.74) is 10.6. The quantitative estimate of drug-likeness (QED) is 0.123. The molecule has 0 rings (SSSR count). The number of nitrogens with one attached hydrogen (secondary N) is 3. The van der Waals surface area contributed by atoms with Gasteiger partial charge in [0, 0.05) is 12.2 Å². The van der Waals surface area contributed by atoms with Crippen LogP contribution in [0, 0.1) is 0 Å². The summed E-state index contributed by atoms with van der Waals surface area (Å²) in [6.07, 6.45) is -3.42. The van der Waals surface area contributed by atoms with E-state index in [-0.39, 0.29) is 18.6 Å². The van der Waals surface area contributed by atoms with Crippen molar-refractivity contribution < 1.29 is 39.3 Å². The smallest absolute Gasteiger partial charge is 0.328 e. The first kappa shape index (κ1) is 27.6. The lowest BCUT2D eigenvalue weighted by molar-refractivity contribution is -0.146. The molecule has 6 unspecified atom stereocenters. The summed E-state index contributed by atoms with van der Waals surface area (Å²) in [7, 11) is 0. The molecular weight excluding hydrogens is 422 g/mol. The van der Waals surface area contributed by atoms with Crippen LogP contribution in [0.15, 0.2) is 0 Å². The van der Waals surface area contributed by atoms with Gasteiger partial charge in [0.2, 0.25) is 23.6 Å². The van der Waals surface area contributed by atoms with Crippen molar-refractivity contribution in [2.24, 2.45) is 11.5 Å². The fourth-order valence-electron chi connectivity index (χ4n) is 2.21. The monoisotopic (exact) mass is 451 g/mol. The Labute approximate surface area is 178 Å². The Balaban J connectivity index is 5.43. The van der Waals surface area contributed by atoms with Gasteiger partial charge in [0.25, 0.3) is 0 Å². The number of nitrogens with two attached hydrogens (primary N) is 2. The zero-order valence-electron chi connectivity index (χ0n) is 16.6. The Morgan fingerprint density at radius 1 is 0.900 bits per heavy atom. The number of thiol groups is 1. The van der Waals surface area contributed by atoms with Gasteiger partial charge in [-0.25, -0.2) is 4.79 Å². The molecule has 0 aliphatic carbocycles. The number of rotatable bonds is 13. The Hall–Kier alpha value is -2.42. The number of aliphatic hydroxyl groups is 2. The lowest BCUT2D eigenvalue weighted by Crippen LogP contribution is -2.61. The van der Waals surface area contributed by atoms with Gasteiger partial charge in [-0.15, -0.1) is 0 Å². The van der Waals surface area contributed by atoms with E-state index in [1.54, 1.807) is 0 Å². The summed E-state index contributed by atoms with van der Waals surface area (Å²) < 4.78 is 0. The summed E-state index contributed by atoms with van der Waals surface area (Å²) in [5, 5.41) is 34.9. The zero-order valence-corrected chi connectivity index (χ0v) is 17.5. The summed E-state index contributed by atoms with van der Waals surface area (Å²) in [6, 6.07) is -5.67. The molecule has 14 heteroatoms. The van der Waals surface area contributed by atoms with E-state index in [1.165, 1.54) is 0 Å². The maximum absolute atomic E-state index is 12.6. The second kappa shape index (κ2) is 13.0. The van der Waals surface area contributed by atoms with Crippen LogP contribution in [0.25, 0.3) is 0 Å². The highest BCUT2D eigenvalue weighted by atomic mass is 32.1. The maximum Gasteiger partial charge on any atom is 0.328 e.